The van der Waals surface area contributed by atoms with E-state index in [4.69, 9.17) is 14.5 Å². The largest absolute Gasteiger partial charge is 0.460 e. The van der Waals surface area contributed by atoms with Crippen LogP contribution in [0.1, 0.15) is 47.3 Å². The number of nitrogens with one attached hydrogen (secondary N) is 2. The van der Waals surface area contributed by atoms with Crippen LogP contribution in [0.4, 0.5) is 15.2 Å². The molecule has 3 aromatic rings. The zero-order valence-electron chi connectivity index (χ0n) is 23.7. The summed E-state index contributed by atoms with van der Waals surface area (Å²) in [6, 6.07) is 8.07. The Bertz CT molecular complexity index is 1400. The van der Waals surface area contributed by atoms with E-state index in [0.717, 1.165) is 66.5 Å². The fourth-order valence-corrected chi connectivity index (χ4v) is 6.08. The van der Waals surface area contributed by atoms with Crippen molar-refractivity contribution in [2.24, 2.45) is 0 Å². The number of carbonyl (C=O) groups is 1. The van der Waals surface area contributed by atoms with E-state index in [2.05, 4.69) is 30.9 Å². The number of halogens is 1. The predicted molar refractivity (Wildman–Crippen MR) is 161 cm³/mol. The van der Waals surface area contributed by atoms with Crippen LogP contribution in [-0.4, -0.2) is 84.5 Å². The van der Waals surface area contributed by atoms with Crippen LogP contribution in [0.5, 0.6) is 6.01 Å². The Morgan fingerprint density at radius 1 is 1.17 bits per heavy atom. The van der Waals surface area contributed by atoms with Gasteiger partial charge in [0, 0.05) is 77.0 Å². The van der Waals surface area contributed by atoms with E-state index in [9.17, 15) is 9.18 Å². The third-order valence-corrected chi connectivity index (χ3v) is 8.53. The van der Waals surface area contributed by atoms with Crippen molar-refractivity contribution in [1.29, 1.82) is 0 Å². The summed E-state index contributed by atoms with van der Waals surface area (Å²) in [6.07, 6.45) is 6.46. The lowest BCUT2D eigenvalue weighted by molar-refractivity contribution is 0.0590. The SMILES string of the molecule is COCCNC(=O)c1cc(CN2CC(F)C2)ccc1NC(=C1CC1)c1csc(N2CCC(Oc3ncccn3)CC2)n1. The number of thiazole rings is 1. The number of hydrogen-bond donors (Lipinski definition) is 2. The molecule has 42 heavy (non-hydrogen) atoms. The molecule has 222 valence electrons. The molecule has 2 saturated heterocycles. The number of methoxy groups -OCH3 is 1. The minimum atomic E-state index is -0.762. The molecular formula is C30H36FN7O3S. The van der Waals surface area contributed by atoms with Crippen LogP contribution in [0.3, 0.4) is 0 Å². The molecule has 1 amide bonds. The number of anilines is 2. The maximum atomic E-state index is 13.4. The maximum absolute atomic E-state index is 13.4. The number of hydrogen-bond acceptors (Lipinski definition) is 10. The highest BCUT2D eigenvalue weighted by atomic mass is 32.1. The molecule has 2 aliphatic heterocycles. The standard InChI is InChI=1S/C30H36FN7O3S/c1-40-14-11-32-28(39)24-15-20(16-37-17-22(31)18-37)3-6-25(24)35-27(21-4-5-21)26-19-42-30(36-26)38-12-7-23(8-13-38)41-29-33-9-2-10-34-29/h2-3,6,9-10,15,19,22-23,35H,4-5,7-8,11-14,16-18H2,1H3,(H,32,39). The summed E-state index contributed by atoms with van der Waals surface area (Å²) >= 11 is 1.63. The second-order valence-corrected chi connectivity index (χ2v) is 11.7. The average molecular weight is 594 g/mol. The van der Waals surface area contributed by atoms with Gasteiger partial charge in [-0.2, -0.15) is 0 Å². The molecule has 0 spiro atoms. The zero-order valence-corrected chi connectivity index (χ0v) is 24.5. The lowest BCUT2D eigenvalue weighted by atomic mass is 10.0. The van der Waals surface area contributed by atoms with Crippen molar-refractivity contribution >= 4 is 33.8 Å². The smallest absolute Gasteiger partial charge is 0.316 e. The first-order chi connectivity index (χ1) is 20.6. The van der Waals surface area contributed by atoms with Gasteiger partial charge in [0.25, 0.3) is 5.91 Å². The first-order valence-corrected chi connectivity index (χ1v) is 15.3. The summed E-state index contributed by atoms with van der Waals surface area (Å²) in [7, 11) is 1.61. The monoisotopic (exact) mass is 593 g/mol. The summed E-state index contributed by atoms with van der Waals surface area (Å²) < 4.78 is 24.4. The van der Waals surface area contributed by atoms with Crippen LogP contribution in [-0.2, 0) is 11.3 Å². The summed E-state index contributed by atoms with van der Waals surface area (Å²) in [5.74, 6) is -0.173. The van der Waals surface area contributed by atoms with Crippen LogP contribution in [0.2, 0.25) is 0 Å². The Balaban J connectivity index is 1.15. The Morgan fingerprint density at radius 2 is 1.95 bits per heavy atom. The number of piperidine rings is 1. The molecule has 3 aliphatic rings. The summed E-state index contributed by atoms with van der Waals surface area (Å²) in [5, 5.41) is 9.59. The number of benzene rings is 1. The highest BCUT2D eigenvalue weighted by molar-refractivity contribution is 7.13. The fourth-order valence-electron chi connectivity index (χ4n) is 5.21. The van der Waals surface area contributed by atoms with Crippen molar-refractivity contribution in [2.45, 2.75) is 44.5 Å². The van der Waals surface area contributed by atoms with Crippen LogP contribution in [0, 0.1) is 0 Å². The van der Waals surface area contributed by atoms with Gasteiger partial charge in [0.15, 0.2) is 5.13 Å². The highest BCUT2D eigenvalue weighted by Crippen LogP contribution is 2.39. The summed E-state index contributed by atoms with van der Waals surface area (Å²) in [4.78, 5) is 30.9. The van der Waals surface area contributed by atoms with Crippen LogP contribution in [0.15, 0.2) is 47.6 Å². The van der Waals surface area contributed by atoms with E-state index in [0.29, 0.717) is 44.4 Å². The number of allylic oxidation sites excluding steroid dienone is 1. The molecule has 10 nitrogen and oxygen atoms in total. The molecule has 0 bridgehead atoms. The van der Waals surface area contributed by atoms with Gasteiger partial charge in [-0.3, -0.25) is 9.69 Å². The Labute approximate surface area is 249 Å². The van der Waals surface area contributed by atoms with Gasteiger partial charge in [0.2, 0.25) is 0 Å². The van der Waals surface area contributed by atoms with Gasteiger partial charge in [-0.15, -0.1) is 11.3 Å². The first-order valence-electron chi connectivity index (χ1n) is 14.5. The zero-order chi connectivity index (χ0) is 28.9. The van der Waals surface area contributed by atoms with Crippen LogP contribution >= 0.6 is 11.3 Å². The van der Waals surface area contributed by atoms with Gasteiger partial charge in [-0.25, -0.2) is 19.3 Å². The second-order valence-electron chi connectivity index (χ2n) is 10.9. The Morgan fingerprint density at radius 3 is 2.67 bits per heavy atom. The molecule has 3 fully saturated rings. The second kappa shape index (κ2) is 13.1. The number of ether oxygens (including phenoxy) is 2. The minimum Gasteiger partial charge on any atom is -0.460 e. The van der Waals surface area contributed by atoms with Gasteiger partial charge in [-0.05, 0) is 42.2 Å². The lowest BCUT2D eigenvalue weighted by Crippen LogP contribution is -2.47. The van der Waals surface area contributed by atoms with Crippen molar-refractivity contribution in [2.75, 3.05) is 56.7 Å². The molecule has 1 aliphatic carbocycles. The van der Waals surface area contributed by atoms with Crippen LogP contribution < -0.4 is 20.3 Å². The number of aromatic nitrogens is 3. The molecule has 2 N–H and O–H groups in total. The number of nitrogens with zero attached hydrogens (tertiary/aromatic N) is 5. The fraction of sp³-hybridized carbons (Fsp3) is 0.467. The topological polar surface area (TPSA) is 105 Å². The van der Waals surface area contributed by atoms with E-state index in [1.807, 2.05) is 23.1 Å². The van der Waals surface area contributed by atoms with Crippen molar-refractivity contribution in [3.05, 3.63) is 64.4 Å². The molecule has 6 rings (SSSR count). The maximum Gasteiger partial charge on any atom is 0.316 e. The number of amides is 1. The molecule has 4 heterocycles. The molecule has 1 aromatic carbocycles. The van der Waals surface area contributed by atoms with E-state index in [-0.39, 0.29) is 12.0 Å². The van der Waals surface area contributed by atoms with E-state index < -0.39 is 6.17 Å². The summed E-state index contributed by atoms with van der Waals surface area (Å²) in [5.41, 5.74) is 5.42. The van der Waals surface area contributed by atoms with E-state index in [1.165, 1.54) is 5.57 Å². The van der Waals surface area contributed by atoms with E-state index in [1.54, 1.807) is 36.9 Å². The van der Waals surface area contributed by atoms with E-state index >= 15 is 0 Å². The summed E-state index contributed by atoms with van der Waals surface area (Å²) in [6.45, 7) is 4.02. The number of rotatable bonds is 12. The Hall–Kier alpha value is -3.61. The van der Waals surface area contributed by atoms with Crippen molar-refractivity contribution in [3.8, 4) is 6.01 Å². The molecule has 0 unspecified atom stereocenters. The van der Waals surface area contributed by atoms with Crippen molar-refractivity contribution in [1.82, 2.24) is 25.2 Å². The number of likely N-dealkylation sites (tertiary alicyclic amines) is 1. The van der Waals surface area contributed by atoms with Gasteiger partial charge in [0.05, 0.1) is 29.2 Å². The number of alkyl halides is 1. The number of carbonyl (C=O) groups excluding carboxylic acids is 1. The lowest BCUT2D eigenvalue weighted by Gasteiger charge is -2.34. The predicted octanol–water partition coefficient (Wildman–Crippen LogP) is 4.13. The first kappa shape index (κ1) is 28.5. The third kappa shape index (κ3) is 7.05. The molecule has 0 radical (unpaired) electrons. The highest BCUT2D eigenvalue weighted by Gasteiger charge is 2.28. The molecule has 0 atom stereocenters. The third-order valence-electron chi connectivity index (χ3n) is 7.63. The molecular weight excluding hydrogens is 557 g/mol. The van der Waals surface area contributed by atoms with Crippen LogP contribution in [0.25, 0.3) is 5.70 Å². The normalized spacial score (nSPS) is 17.6. The quantitative estimate of drug-likeness (QED) is 0.300. The van der Waals surface area contributed by atoms with Crippen molar-refractivity contribution < 1.29 is 18.7 Å². The molecule has 2 aromatic heterocycles. The van der Waals surface area contributed by atoms with Gasteiger partial charge < -0.3 is 25.0 Å². The van der Waals surface area contributed by atoms with Gasteiger partial charge in [0.1, 0.15) is 12.3 Å². The van der Waals surface area contributed by atoms with Crippen molar-refractivity contribution in [3.63, 3.8) is 0 Å². The molecule has 12 heteroatoms. The van der Waals surface area contributed by atoms with Gasteiger partial charge in [-0.1, -0.05) is 6.07 Å². The Kier molecular flexibility index (Phi) is 8.92. The molecule has 1 saturated carbocycles. The minimum absolute atomic E-state index is 0.0878. The van der Waals surface area contributed by atoms with Gasteiger partial charge >= 0.3 is 6.01 Å². The average Bonchev–Trinajstić information content (AvgIpc) is 3.72.